The lowest BCUT2D eigenvalue weighted by atomic mass is 9.93. The van der Waals surface area contributed by atoms with Crippen LogP contribution in [-0.4, -0.2) is 30.8 Å². The molecular formula is C9H15N5O3S. The third-order valence-corrected chi connectivity index (χ3v) is 3.69. The predicted molar refractivity (Wildman–Crippen MR) is 64.6 cm³/mol. The number of amides is 1. The van der Waals surface area contributed by atoms with Crippen LogP contribution >= 0.6 is 0 Å². The molecule has 0 aliphatic carbocycles. The molecule has 0 aromatic carbocycles. The zero-order valence-electron chi connectivity index (χ0n) is 10.0. The van der Waals surface area contributed by atoms with E-state index in [1.54, 1.807) is 0 Å². The fourth-order valence-electron chi connectivity index (χ4n) is 0.911. The van der Waals surface area contributed by atoms with E-state index in [0.717, 1.165) is 12.4 Å². The number of hydrogen-bond acceptors (Lipinski definition) is 6. The molecule has 0 bridgehead atoms. The zero-order valence-corrected chi connectivity index (χ0v) is 10.9. The van der Waals surface area contributed by atoms with Gasteiger partial charge < -0.3 is 11.5 Å². The highest BCUT2D eigenvalue weighted by molar-refractivity contribution is 7.89. The molecule has 1 heterocycles. The minimum Gasteiger partial charge on any atom is -0.369 e. The van der Waals surface area contributed by atoms with Crippen molar-refractivity contribution in [1.82, 2.24) is 14.7 Å². The van der Waals surface area contributed by atoms with Crippen LogP contribution in [0.2, 0.25) is 0 Å². The Morgan fingerprint density at radius 1 is 1.39 bits per heavy atom. The van der Waals surface area contributed by atoms with E-state index in [9.17, 15) is 13.2 Å². The van der Waals surface area contributed by atoms with Crippen LogP contribution in [0.15, 0.2) is 17.3 Å². The maximum atomic E-state index is 11.8. The predicted octanol–water partition coefficient (Wildman–Crippen LogP) is -1.15. The molecule has 5 N–H and O–H groups in total. The van der Waals surface area contributed by atoms with E-state index in [2.05, 4.69) is 14.7 Å². The first-order valence-electron chi connectivity index (χ1n) is 5.02. The summed E-state index contributed by atoms with van der Waals surface area (Å²) < 4.78 is 25.9. The Hall–Kier alpha value is -1.74. The third kappa shape index (κ3) is 3.37. The molecular weight excluding hydrogens is 258 g/mol. The number of nitrogens with one attached hydrogen (secondary N) is 1. The first-order chi connectivity index (χ1) is 8.15. The van der Waals surface area contributed by atoms with Gasteiger partial charge in [-0.25, -0.2) is 23.1 Å². The number of rotatable bonds is 5. The summed E-state index contributed by atoms with van der Waals surface area (Å²) in [6, 6.07) is 0. The molecule has 0 fully saturated rings. The lowest BCUT2D eigenvalue weighted by molar-refractivity contribution is -0.125. The van der Waals surface area contributed by atoms with Crippen molar-refractivity contribution in [3.05, 3.63) is 12.4 Å². The monoisotopic (exact) mass is 273 g/mol. The van der Waals surface area contributed by atoms with Crippen molar-refractivity contribution in [2.45, 2.75) is 18.7 Å². The summed E-state index contributed by atoms with van der Waals surface area (Å²) in [6.45, 7) is 2.96. The van der Waals surface area contributed by atoms with E-state index in [1.807, 2.05) is 0 Å². The molecule has 0 radical (unpaired) electrons. The smallest absolute Gasteiger partial charge is 0.243 e. The van der Waals surface area contributed by atoms with E-state index >= 15 is 0 Å². The second-order valence-corrected chi connectivity index (χ2v) is 6.12. The summed E-state index contributed by atoms with van der Waals surface area (Å²) in [5.41, 5.74) is 9.41. The molecule has 100 valence electrons. The molecule has 1 amide bonds. The highest BCUT2D eigenvalue weighted by Gasteiger charge is 2.27. The standard InChI is InChI=1S/C9H15N5O3S/c1-9(2,7(10)15)5-14-18(16,17)6-3-12-8(11)13-4-6/h3-4,14H,5H2,1-2H3,(H2,10,15)(H2,11,12,13). The number of nitrogens with zero attached hydrogens (tertiary/aromatic N) is 2. The Morgan fingerprint density at radius 3 is 2.33 bits per heavy atom. The van der Waals surface area contributed by atoms with Crippen molar-refractivity contribution in [2.24, 2.45) is 11.1 Å². The van der Waals surface area contributed by atoms with Gasteiger partial charge in [0.05, 0.1) is 17.8 Å². The van der Waals surface area contributed by atoms with Crippen molar-refractivity contribution in [2.75, 3.05) is 12.3 Å². The first-order valence-corrected chi connectivity index (χ1v) is 6.50. The quantitative estimate of drug-likeness (QED) is 0.618. The molecule has 0 aliphatic rings. The van der Waals surface area contributed by atoms with Gasteiger partial charge in [-0.15, -0.1) is 0 Å². The number of carbonyl (C=O) groups is 1. The van der Waals surface area contributed by atoms with Crippen molar-refractivity contribution in [3.63, 3.8) is 0 Å². The van der Waals surface area contributed by atoms with Gasteiger partial charge in [0, 0.05) is 6.54 Å². The van der Waals surface area contributed by atoms with Gasteiger partial charge in [0.15, 0.2) is 0 Å². The van der Waals surface area contributed by atoms with Crippen LogP contribution in [0.3, 0.4) is 0 Å². The number of nitrogen functional groups attached to an aromatic ring is 1. The van der Waals surface area contributed by atoms with Gasteiger partial charge in [-0.2, -0.15) is 0 Å². The average Bonchev–Trinajstić information content (AvgIpc) is 2.27. The lowest BCUT2D eigenvalue weighted by Crippen LogP contribution is -2.42. The Labute approximate surface area is 105 Å². The van der Waals surface area contributed by atoms with Gasteiger partial charge >= 0.3 is 0 Å². The van der Waals surface area contributed by atoms with Crippen molar-refractivity contribution >= 4 is 21.9 Å². The summed E-state index contributed by atoms with van der Waals surface area (Å²) in [7, 11) is -3.78. The Bertz CT molecular complexity index is 538. The summed E-state index contributed by atoms with van der Waals surface area (Å²) in [4.78, 5) is 18.1. The molecule has 0 saturated heterocycles. The molecule has 1 aromatic rings. The largest absolute Gasteiger partial charge is 0.369 e. The van der Waals surface area contributed by atoms with E-state index in [0.29, 0.717) is 0 Å². The Kier molecular flexibility index (Phi) is 3.87. The third-order valence-electron chi connectivity index (χ3n) is 2.33. The number of sulfonamides is 1. The molecule has 18 heavy (non-hydrogen) atoms. The minimum absolute atomic E-state index is 0.0218. The van der Waals surface area contributed by atoms with Crippen LogP contribution in [-0.2, 0) is 14.8 Å². The molecule has 0 spiro atoms. The Morgan fingerprint density at radius 2 is 1.89 bits per heavy atom. The molecule has 0 saturated carbocycles. The Balaban J connectivity index is 2.84. The van der Waals surface area contributed by atoms with Crippen LogP contribution in [0.25, 0.3) is 0 Å². The highest BCUT2D eigenvalue weighted by Crippen LogP contribution is 2.14. The summed E-state index contributed by atoms with van der Waals surface area (Å²) in [5.74, 6) is -0.620. The van der Waals surface area contributed by atoms with E-state index in [1.165, 1.54) is 13.8 Å². The van der Waals surface area contributed by atoms with Crippen molar-refractivity contribution in [1.29, 1.82) is 0 Å². The van der Waals surface area contributed by atoms with E-state index < -0.39 is 21.3 Å². The molecule has 1 rings (SSSR count). The average molecular weight is 273 g/mol. The minimum atomic E-state index is -3.78. The lowest BCUT2D eigenvalue weighted by Gasteiger charge is -2.20. The number of carbonyl (C=O) groups excluding carboxylic acids is 1. The molecule has 0 aliphatic heterocycles. The van der Waals surface area contributed by atoms with Crippen molar-refractivity contribution in [3.8, 4) is 0 Å². The number of primary amides is 1. The van der Waals surface area contributed by atoms with Gasteiger partial charge in [-0.3, -0.25) is 4.79 Å². The molecule has 8 nitrogen and oxygen atoms in total. The van der Waals surface area contributed by atoms with E-state index in [-0.39, 0.29) is 17.4 Å². The first kappa shape index (κ1) is 14.3. The van der Waals surface area contributed by atoms with Crippen LogP contribution < -0.4 is 16.2 Å². The number of nitrogens with two attached hydrogens (primary N) is 2. The SMILES string of the molecule is CC(C)(CNS(=O)(=O)c1cnc(N)nc1)C(N)=O. The summed E-state index contributed by atoms with van der Waals surface area (Å²) in [6.07, 6.45) is 2.17. The van der Waals surface area contributed by atoms with Crippen LogP contribution in [0, 0.1) is 5.41 Å². The maximum Gasteiger partial charge on any atom is 0.243 e. The van der Waals surface area contributed by atoms with Gasteiger partial charge in [-0.05, 0) is 13.8 Å². The van der Waals surface area contributed by atoms with Crippen LogP contribution in [0.1, 0.15) is 13.8 Å². The van der Waals surface area contributed by atoms with Crippen LogP contribution in [0.5, 0.6) is 0 Å². The molecule has 0 unspecified atom stereocenters. The maximum absolute atomic E-state index is 11.8. The van der Waals surface area contributed by atoms with Crippen molar-refractivity contribution < 1.29 is 13.2 Å². The topological polar surface area (TPSA) is 141 Å². The molecule has 0 atom stereocenters. The second kappa shape index (κ2) is 4.86. The van der Waals surface area contributed by atoms with Gasteiger partial charge in [-0.1, -0.05) is 0 Å². The fourth-order valence-corrected chi connectivity index (χ4v) is 2.01. The van der Waals surface area contributed by atoms with Gasteiger partial charge in [0.1, 0.15) is 4.90 Å². The van der Waals surface area contributed by atoms with Crippen LogP contribution in [0.4, 0.5) is 5.95 Å². The summed E-state index contributed by atoms with van der Waals surface area (Å²) in [5, 5.41) is 0. The van der Waals surface area contributed by atoms with E-state index in [4.69, 9.17) is 11.5 Å². The fraction of sp³-hybridized carbons (Fsp3) is 0.444. The number of anilines is 1. The highest BCUT2D eigenvalue weighted by atomic mass is 32.2. The second-order valence-electron chi connectivity index (χ2n) is 4.35. The number of aromatic nitrogens is 2. The molecule has 1 aromatic heterocycles. The zero-order chi connectivity index (χ0) is 14.0. The normalized spacial score (nSPS) is 12.3. The van der Waals surface area contributed by atoms with Gasteiger partial charge in [0.2, 0.25) is 21.9 Å². The number of hydrogen-bond donors (Lipinski definition) is 3. The molecule has 9 heteroatoms. The van der Waals surface area contributed by atoms with Gasteiger partial charge in [0.25, 0.3) is 0 Å². The summed E-state index contributed by atoms with van der Waals surface area (Å²) >= 11 is 0.